The maximum Gasteiger partial charge on any atom is 0.410 e. The second kappa shape index (κ2) is 9.79. The Balaban J connectivity index is 1.64. The van der Waals surface area contributed by atoms with Gasteiger partial charge in [-0.1, -0.05) is 37.8 Å². The van der Waals surface area contributed by atoms with Crippen LogP contribution in [-0.4, -0.2) is 66.6 Å². The molecule has 1 heterocycles. The molecule has 0 radical (unpaired) electrons. The highest BCUT2D eigenvalue weighted by molar-refractivity contribution is 7.89. The SMILES string of the molecule is CC(C)(C)OC(=O)N1CCN(S(=O)(=O)c2ccc(C(CC3CCCC3)C(=O)O)cc2)CC1. The molecule has 0 aromatic heterocycles. The van der Waals surface area contributed by atoms with E-state index in [-0.39, 0.29) is 31.1 Å². The van der Waals surface area contributed by atoms with E-state index in [2.05, 4.69) is 0 Å². The van der Waals surface area contributed by atoms with Gasteiger partial charge >= 0.3 is 12.1 Å². The first kappa shape index (κ1) is 24.5. The third-order valence-electron chi connectivity index (χ3n) is 6.15. The molecule has 1 amide bonds. The minimum Gasteiger partial charge on any atom is -0.481 e. The highest BCUT2D eigenvalue weighted by atomic mass is 32.2. The van der Waals surface area contributed by atoms with Crippen LogP contribution < -0.4 is 0 Å². The Bertz CT molecular complexity index is 909. The van der Waals surface area contributed by atoms with Crippen molar-refractivity contribution in [3.8, 4) is 0 Å². The van der Waals surface area contributed by atoms with E-state index in [4.69, 9.17) is 4.74 Å². The first-order valence-corrected chi connectivity index (χ1v) is 12.7. The summed E-state index contributed by atoms with van der Waals surface area (Å²) < 4.78 is 32.8. The van der Waals surface area contributed by atoms with Crippen LogP contribution in [0.2, 0.25) is 0 Å². The lowest BCUT2D eigenvalue weighted by Crippen LogP contribution is -2.51. The van der Waals surface area contributed by atoms with E-state index in [1.165, 1.54) is 21.3 Å². The summed E-state index contributed by atoms with van der Waals surface area (Å²) in [5.74, 6) is -1.07. The van der Waals surface area contributed by atoms with Crippen LogP contribution in [0, 0.1) is 5.92 Å². The zero-order valence-corrected chi connectivity index (χ0v) is 19.9. The molecule has 32 heavy (non-hydrogen) atoms. The summed E-state index contributed by atoms with van der Waals surface area (Å²) in [5.41, 5.74) is 0.0336. The first-order valence-electron chi connectivity index (χ1n) is 11.3. The Morgan fingerprint density at radius 1 is 1.06 bits per heavy atom. The van der Waals surface area contributed by atoms with E-state index < -0.39 is 33.6 Å². The van der Waals surface area contributed by atoms with Gasteiger partial charge in [0.15, 0.2) is 0 Å². The number of rotatable bonds is 6. The van der Waals surface area contributed by atoms with E-state index >= 15 is 0 Å². The minimum atomic E-state index is -3.72. The second-order valence-corrected chi connectivity index (χ2v) is 11.7. The van der Waals surface area contributed by atoms with Crippen molar-refractivity contribution in [3.05, 3.63) is 29.8 Å². The second-order valence-electron chi connectivity index (χ2n) is 9.72. The Labute approximate surface area is 190 Å². The van der Waals surface area contributed by atoms with Crippen molar-refractivity contribution in [2.75, 3.05) is 26.2 Å². The largest absolute Gasteiger partial charge is 0.481 e. The zero-order valence-electron chi connectivity index (χ0n) is 19.1. The number of hydrogen-bond acceptors (Lipinski definition) is 5. The van der Waals surface area contributed by atoms with Gasteiger partial charge < -0.3 is 14.7 Å². The lowest BCUT2D eigenvalue weighted by molar-refractivity contribution is -0.139. The maximum absolute atomic E-state index is 13.1. The lowest BCUT2D eigenvalue weighted by Gasteiger charge is -2.35. The van der Waals surface area contributed by atoms with Gasteiger partial charge in [-0.3, -0.25) is 4.79 Å². The number of piperazine rings is 1. The number of sulfonamides is 1. The molecule has 1 saturated heterocycles. The smallest absolute Gasteiger partial charge is 0.410 e. The molecule has 1 N–H and O–H groups in total. The number of carbonyl (C=O) groups excluding carboxylic acids is 1. The topological polar surface area (TPSA) is 104 Å². The number of carboxylic acids is 1. The average molecular weight is 467 g/mol. The molecule has 178 valence electrons. The van der Waals surface area contributed by atoms with Gasteiger partial charge in [0.2, 0.25) is 10.0 Å². The minimum absolute atomic E-state index is 0.136. The lowest BCUT2D eigenvalue weighted by atomic mass is 9.88. The Hall–Kier alpha value is -2.13. The van der Waals surface area contributed by atoms with E-state index in [1.807, 2.05) is 0 Å². The molecule has 8 nitrogen and oxygen atoms in total. The van der Waals surface area contributed by atoms with Crippen LogP contribution in [0.4, 0.5) is 4.79 Å². The van der Waals surface area contributed by atoms with E-state index in [9.17, 15) is 23.1 Å². The van der Waals surface area contributed by atoms with Gasteiger partial charge in [-0.05, 0) is 50.8 Å². The summed E-state index contributed by atoms with van der Waals surface area (Å²) in [6.07, 6.45) is 4.57. The van der Waals surface area contributed by atoms with Crippen LogP contribution in [0.15, 0.2) is 29.2 Å². The number of amides is 1. The molecule has 1 aliphatic carbocycles. The molecule has 9 heteroatoms. The molecular weight excluding hydrogens is 432 g/mol. The van der Waals surface area contributed by atoms with Gasteiger partial charge in [0.25, 0.3) is 0 Å². The predicted octanol–water partition coefficient (Wildman–Crippen LogP) is 3.68. The summed E-state index contributed by atoms with van der Waals surface area (Å²) in [7, 11) is -3.72. The fourth-order valence-electron chi connectivity index (χ4n) is 4.42. The molecule has 0 bridgehead atoms. The molecule has 1 unspecified atom stereocenters. The molecular formula is C23H34N2O6S. The van der Waals surface area contributed by atoms with Gasteiger partial charge in [0, 0.05) is 26.2 Å². The van der Waals surface area contributed by atoms with Crippen LogP contribution in [0.1, 0.15) is 64.4 Å². The van der Waals surface area contributed by atoms with Gasteiger partial charge in [0.05, 0.1) is 10.8 Å². The van der Waals surface area contributed by atoms with Crippen molar-refractivity contribution in [2.45, 2.75) is 69.3 Å². The van der Waals surface area contributed by atoms with Gasteiger partial charge in [0.1, 0.15) is 5.60 Å². The average Bonchev–Trinajstić information content (AvgIpc) is 3.24. The van der Waals surface area contributed by atoms with Gasteiger partial charge in [-0.15, -0.1) is 0 Å². The number of carbonyl (C=O) groups is 2. The number of nitrogens with zero attached hydrogens (tertiary/aromatic N) is 2. The van der Waals surface area contributed by atoms with E-state index in [1.54, 1.807) is 32.9 Å². The maximum atomic E-state index is 13.1. The molecule has 2 aliphatic rings. The first-order chi connectivity index (χ1) is 15.0. The normalized spacial score (nSPS) is 19.7. The molecule has 1 aromatic carbocycles. The molecule has 1 aromatic rings. The van der Waals surface area contributed by atoms with Crippen molar-refractivity contribution in [2.24, 2.45) is 5.92 Å². The summed E-state index contributed by atoms with van der Waals surface area (Å²) >= 11 is 0. The third kappa shape index (κ3) is 6.01. The molecule has 0 spiro atoms. The highest BCUT2D eigenvalue weighted by Crippen LogP contribution is 2.34. The number of aliphatic carboxylic acids is 1. The molecule has 1 aliphatic heterocycles. The molecule has 2 fully saturated rings. The number of ether oxygens (including phenoxy) is 1. The summed E-state index contributed by atoms with van der Waals surface area (Å²) in [6, 6.07) is 6.24. The van der Waals surface area contributed by atoms with Gasteiger partial charge in [-0.2, -0.15) is 4.31 Å². The Kier molecular flexibility index (Phi) is 7.50. The number of benzene rings is 1. The summed E-state index contributed by atoms with van der Waals surface area (Å²) in [5, 5.41) is 9.69. The van der Waals surface area contributed by atoms with Crippen molar-refractivity contribution >= 4 is 22.1 Å². The van der Waals surface area contributed by atoms with E-state index in [0.29, 0.717) is 17.9 Å². The zero-order chi connectivity index (χ0) is 23.5. The van der Waals surface area contributed by atoms with Crippen LogP contribution >= 0.6 is 0 Å². The van der Waals surface area contributed by atoms with Gasteiger partial charge in [-0.25, -0.2) is 13.2 Å². The highest BCUT2D eigenvalue weighted by Gasteiger charge is 2.32. The fraction of sp³-hybridized carbons (Fsp3) is 0.652. The predicted molar refractivity (Wildman–Crippen MR) is 120 cm³/mol. The summed E-state index contributed by atoms with van der Waals surface area (Å²) in [6.45, 7) is 6.25. The Morgan fingerprint density at radius 3 is 2.12 bits per heavy atom. The van der Waals surface area contributed by atoms with Crippen LogP contribution in [-0.2, 0) is 19.6 Å². The summed E-state index contributed by atoms with van der Waals surface area (Å²) in [4.78, 5) is 25.7. The monoisotopic (exact) mass is 466 g/mol. The van der Waals surface area contributed by atoms with Crippen molar-refractivity contribution < 1.29 is 27.9 Å². The molecule has 3 rings (SSSR count). The van der Waals surface area contributed by atoms with Crippen molar-refractivity contribution in [1.82, 2.24) is 9.21 Å². The standard InChI is InChI=1S/C23H34N2O6S/c1-23(2,3)31-22(28)24-12-14-25(15-13-24)32(29,30)19-10-8-18(9-11-19)20(21(26)27)16-17-6-4-5-7-17/h8-11,17,20H,4-7,12-16H2,1-3H3,(H,26,27). The van der Waals surface area contributed by atoms with Crippen molar-refractivity contribution in [1.29, 1.82) is 0 Å². The van der Waals surface area contributed by atoms with E-state index in [0.717, 1.165) is 25.7 Å². The molecule has 1 atom stereocenters. The number of carboxylic acid groups (broad SMARTS) is 1. The van der Waals surface area contributed by atoms with Crippen LogP contribution in [0.25, 0.3) is 0 Å². The van der Waals surface area contributed by atoms with Crippen LogP contribution in [0.5, 0.6) is 0 Å². The third-order valence-corrected chi connectivity index (χ3v) is 8.07. The van der Waals surface area contributed by atoms with Crippen molar-refractivity contribution in [3.63, 3.8) is 0 Å². The van der Waals surface area contributed by atoms with Crippen LogP contribution in [0.3, 0.4) is 0 Å². The quantitative estimate of drug-likeness (QED) is 0.686. The Morgan fingerprint density at radius 2 is 1.62 bits per heavy atom. The fourth-order valence-corrected chi connectivity index (χ4v) is 5.84. The molecule has 1 saturated carbocycles. The number of hydrogen-bond donors (Lipinski definition) is 1.